The van der Waals surface area contributed by atoms with Gasteiger partial charge in [-0.25, -0.2) is 10.2 Å². The fourth-order valence-corrected chi connectivity index (χ4v) is 2.65. The van der Waals surface area contributed by atoms with E-state index in [1.807, 2.05) is 18.2 Å². The van der Waals surface area contributed by atoms with E-state index in [0.717, 1.165) is 24.2 Å². The van der Waals surface area contributed by atoms with E-state index in [0.29, 0.717) is 30.6 Å². The van der Waals surface area contributed by atoms with Crippen molar-refractivity contribution in [1.82, 2.24) is 5.43 Å². The van der Waals surface area contributed by atoms with Crippen LogP contribution in [-0.2, 0) is 4.74 Å². The van der Waals surface area contributed by atoms with Gasteiger partial charge >= 0.3 is 6.09 Å². The highest BCUT2D eigenvalue weighted by molar-refractivity contribution is 5.82. The fourth-order valence-electron chi connectivity index (χ4n) is 2.65. The van der Waals surface area contributed by atoms with Crippen LogP contribution in [0.15, 0.2) is 47.6 Å². The van der Waals surface area contributed by atoms with E-state index in [4.69, 9.17) is 14.2 Å². The second-order valence-electron chi connectivity index (χ2n) is 6.70. The molecule has 0 bridgehead atoms. The summed E-state index contributed by atoms with van der Waals surface area (Å²) in [5, 5.41) is 3.79. The smallest absolute Gasteiger partial charge is 0.427 e. The maximum Gasteiger partial charge on any atom is 0.427 e. The largest absolute Gasteiger partial charge is 0.493 e. The number of benzene rings is 2. The summed E-state index contributed by atoms with van der Waals surface area (Å²) in [6.07, 6.45) is 2.72. The Morgan fingerprint density at radius 2 is 1.80 bits per heavy atom. The number of hydrogen-bond donors (Lipinski definition) is 1. The Bertz CT molecular complexity index is 821. The van der Waals surface area contributed by atoms with Crippen LogP contribution in [0.5, 0.6) is 17.2 Å². The Balaban J connectivity index is 1.78. The highest BCUT2D eigenvalue weighted by atomic mass is 16.5. The molecule has 0 heterocycles. The second-order valence-corrected chi connectivity index (χ2v) is 6.70. The van der Waals surface area contributed by atoms with Crippen LogP contribution in [0.1, 0.15) is 43.7 Å². The number of amides is 1. The number of nitrogens with one attached hydrogen (secondary N) is 1. The van der Waals surface area contributed by atoms with Crippen molar-refractivity contribution in [3.05, 3.63) is 53.6 Å². The zero-order valence-electron chi connectivity index (χ0n) is 18.0. The molecule has 0 saturated carbocycles. The first-order valence-corrected chi connectivity index (χ1v) is 9.98. The molecule has 0 aromatic heterocycles. The van der Waals surface area contributed by atoms with Gasteiger partial charge in [0.15, 0.2) is 11.5 Å². The quantitative estimate of drug-likeness (QED) is 0.326. The molecule has 1 unspecified atom stereocenters. The molecule has 1 atom stereocenters. The number of hydrogen-bond acceptors (Lipinski definition) is 6. The first kappa shape index (κ1) is 23.1. The first-order valence-electron chi connectivity index (χ1n) is 9.98. The predicted molar refractivity (Wildman–Crippen MR) is 117 cm³/mol. The van der Waals surface area contributed by atoms with Crippen LogP contribution < -0.4 is 19.6 Å². The van der Waals surface area contributed by atoms with Crippen LogP contribution in [0.2, 0.25) is 0 Å². The normalized spacial score (nSPS) is 11.7. The minimum absolute atomic E-state index is 0.499. The lowest BCUT2D eigenvalue weighted by Crippen LogP contribution is -2.16. The average molecular weight is 415 g/mol. The molecule has 0 radical (unpaired) electrons. The summed E-state index contributed by atoms with van der Waals surface area (Å²) in [7, 11) is 2.84. The lowest BCUT2D eigenvalue weighted by Gasteiger charge is -2.12. The van der Waals surface area contributed by atoms with Gasteiger partial charge in [0.25, 0.3) is 0 Å². The summed E-state index contributed by atoms with van der Waals surface area (Å²) in [5.74, 6) is 2.64. The number of carbonyl (C=O) groups excluding carboxylic acids is 1. The molecule has 2 aromatic rings. The molecule has 1 N–H and O–H groups in total. The van der Waals surface area contributed by atoms with E-state index in [1.54, 1.807) is 19.2 Å². The number of rotatable bonds is 11. The number of hydrazone groups is 1. The number of methoxy groups -OCH3 is 2. The minimum Gasteiger partial charge on any atom is -0.493 e. The van der Waals surface area contributed by atoms with Gasteiger partial charge in [-0.1, -0.05) is 26.0 Å². The molecular formula is C23H30N2O5. The van der Waals surface area contributed by atoms with E-state index in [1.165, 1.54) is 18.9 Å². The molecule has 2 rings (SSSR count). The van der Waals surface area contributed by atoms with Crippen LogP contribution in [-0.4, -0.2) is 39.7 Å². The monoisotopic (exact) mass is 414 g/mol. The van der Waals surface area contributed by atoms with Crippen molar-refractivity contribution < 1.29 is 23.7 Å². The Hall–Kier alpha value is -3.22. The van der Waals surface area contributed by atoms with Gasteiger partial charge in [-0.05, 0) is 53.8 Å². The van der Waals surface area contributed by atoms with Crippen molar-refractivity contribution in [3.8, 4) is 17.2 Å². The maximum absolute atomic E-state index is 11.0. The van der Waals surface area contributed by atoms with Crippen molar-refractivity contribution >= 4 is 12.3 Å². The third-order valence-corrected chi connectivity index (χ3v) is 4.62. The molecule has 7 heteroatoms. The van der Waals surface area contributed by atoms with E-state index in [2.05, 4.69) is 41.2 Å². The summed E-state index contributed by atoms with van der Waals surface area (Å²) < 4.78 is 21.4. The maximum atomic E-state index is 11.0. The summed E-state index contributed by atoms with van der Waals surface area (Å²) in [6.45, 7) is 5.47. The van der Waals surface area contributed by atoms with Gasteiger partial charge < -0.3 is 18.9 Å². The Morgan fingerprint density at radius 1 is 1.07 bits per heavy atom. The molecule has 0 aliphatic carbocycles. The van der Waals surface area contributed by atoms with Crippen LogP contribution in [0.4, 0.5) is 4.79 Å². The molecule has 0 fully saturated rings. The van der Waals surface area contributed by atoms with Crippen molar-refractivity contribution in [2.45, 2.75) is 32.6 Å². The molecule has 0 aliphatic rings. The number of nitrogens with zero attached hydrogens (tertiary/aromatic N) is 1. The molecule has 162 valence electrons. The summed E-state index contributed by atoms with van der Waals surface area (Å²) in [4.78, 5) is 11.0. The Kier molecular flexibility index (Phi) is 9.51. The summed E-state index contributed by atoms with van der Waals surface area (Å²) >= 11 is 0. The lowest BCUT2D eigenvalue weighted by atomic mass is 9.99. The number of ether oxygens (including phenoxy) is 4. The fraction of sp³-hybridized carbons (Fsp3) is 0.391. The number of carbonyl (C=O) groups is 1. The van der Waals surface area contributed by atoms with Crippen LogP contribution in [0.25, 0.3) is 0 Å². The molecule has 0 aliphatic heterocycles. The van der Waals surface area contributed by atoms with Crippen LogP contribution >= 0.6 is 0 Å². The molecule has 0 spiro atoms. The van der Waals surface area contributed by atoms with Gasteiger partial charge in [0.05, 0.1) is 33.6 Å². The molecule has 1 amide bonds. The van der Waals surface area contributed by atoms with Gasteiger partial charge in [0.2, 0.25) is 0 Å². The molecular weight excluding hydrogens is 384 g/mol. The zero-order valence-corrected chi connectivity index (χ0v) is 18.0. The third kappa shape index (κ3) is 7.31. The van der Waals surface area contributed by atoms with Gasteiger partial charge in [-0.15, -0.1) is 0 Å². The van der Waals surface area contributed by atoms with Crippen molar-refractivity contribution in [1.29, 1.82) is 0 Å². The summed E-state index contributed by atoms with van der Waals surface area (Å²) in [6, 6.07) is 13.7. The van der Waals surface area contributed by atoms with E-state index < -0.39 is 6.09 Å². The third-order valence-electron chi connectivity index (χ3n) is 4.62. The average Bonchev–Trinajstić information content (AvgIpc) is 2.79. The highest BCUT2D eigenvalue weighted by Gasteiger charge is 2.06. The topological polar surface area (TPSA) is 78.4 Å². The Labute approximate surface area is 178 Å². The van der Waals surface area contributed by atoms with E-state index >= 15 is 0 Å². The second kappa shape index (κ2) is 12.4. The molecule has 7 nitrogen and oxygen atoms in total. The van der Waals surface area contributed by atoms with Crippen LogP contribution in [0, 0.1) is 0 Å². The Morgan fingerprint density at radius 3 is 2.47 bits per heavy atom. The molecule has 30 heavy (non-hydrogen) atoms. The standard InChI is InChI=1S/C23H30N2O5/c1-5-17(2)19-8-10-20(11-9-19)29-13-6-14-30-21-12-7-18(15-22(21)27-3)16-24-25-23(26)28-4/h7-12,15-17H,5-6,13-14H2,1-4H3,(H,25,26)/b24-16+. The van der Waals surface area contributed by atoms with Crippen molar-refractivity contribution in [3.63, 3.8) is 0 Å². The highest BCUT2D eigenvalue weighted by Crippen LogP contribution is 2.27. The zero-order chi connectivity index (χ0) is 21.8. The predicted octanol–water partition coefficient (Wildman–Crippen LogP) is 4.75. The molecule has 0 saturated heterocycles. The lowest BCUT2D eigenvalue weighted by molar-refractivity contribution is 0.171. The SMILES string of the molecule is CCC(C)c1ccc(OCCCOc2ccc(/C=N/NC(=O)OC)cc2OC)cc1. The van der Waals surface area contributed by atoms with Gasteiger partial charge in [-0.2, -0.15) is 5.10 Å². The van der Waals surface area contributed by atoms with Gasteiger partial charge in [0.1, 0.15) is 5.75 Å². The van der Waals surface area contributed by atoms with Gasteiger partial charge in [-0.3, -0.25) is 0 Å². The minimum atomic E-state index is -0.633. The first-order chi connectivity index (χ1) is 14.6. The van der Waals surface area contributed by atoms with Gasteiger partial charge in [0, 0.05) is 6.42 Å². The van der Waals surface area contributed by atoms with E-state index in [9.17, 15) is 4.79 Å². The summed E-state index contributed by atoms with van der Waals surface area (Å²) in [5.41, 5.74) is 4.31. The van der Waals surface area contributed by atoms with Crippen molar-refractivity contribution in [2.75, 3.05) is 27.4 Å². The van der Waals surface area contributed by atoms with Crippen molar-refractivity contribution in [2.24, 2.45) is 5.10 Å². The molecule has 2 aromatic carbocycles. The van der Waals surface area contributed by atoms with Crippen LogP contribution in [0.3, 0.4) is 0 Å². The van der Waals surface area contributed by atoms with E-state index in [-0.39, 0.29) is 0 Å².